The molecule has 1 amide bonds. The molecule has 1 saturated heterocycles. The maximum Gasteiger partial charge on any atom is 0.260 e. The number of halogens is 1. The molecule has 5 rings (SSSR count). The Bertz CT molecular complexity index is 1130. The number of carbonyl (C=O) groups excluding carboxylic acids is 1. The molecule has 4 heterocycles. The summed E-state index contributed by atoms with van der Waals surface area (Å²) in [6.45, 7) is 2.72. The van der Waals surface area contributed by atoms with Gasteiger partial charge in [0.15, 0.2) is 18.3 Å². The van der Waals surface area contributed by atoms with Crippen molar-refractivity contribution in [3.05, 3.63) is 70.1 Å². The van der Waals surface area contributed by atoms with Crippen LogP contribution >= 0.6 is 11.6 Å². The van der Waals surface area contributed by atoms with Crippen LogP contribution in [0.5, 0.6) is 5.75 Å². The summed E-state index contributed by atoms with van der Waals surface area (Å²) in [5.41, 5.74) is 3.17. The van der Waals surface area contributed by atoms with E-state index in [4.69, 9.17) is 21.1 Å². The van der Waals surface area contributed by atoms with E-state index in [1.807, 2.05) is 37.4 Å². The third-order valence-electron chi connectivity index (χ3n) is 6.05. The zero-order valence-corrected chi connectivity index (χ0v) is 18.3. The lowest BCUT2D eigenvalue weighted by Gasteiger charge is -2.39. The largest absolute Gasteiger partial charge is 0.471 e. The van der Waals surface area contributed by atoms with Gasteiger partial charge in [0.2, 0.25) is 0 Å². The van der Waals surface area contributed by atoms with Gasteiger partial charge in [-0.15, -0.1) is 0 Å². The van der Waals surface area contributed by atoms with Crippen molar-refractivity contribution in [3.63, 3.8) is 0 Å². The van der Waals surface area contributed by atoms with Gasteiger partial charge in [-0.1, -0.05) is 17.7 Å². The van der Waals surface area contributed by atoms with E-state index in [1.54, 1.807) is 17.1 Å². The quantitative estimate of drug-likeness (QED) is 0.652. The number of carbonyl (C=O) groups is 1. The van der Waals surface area contributed by atoms with Crippen LogP contribution in [0.15, 0.2) is 42.9 Å². The van der Waals surface area contributed by atoms with Crippen molar-refractivity contribution in [2.45, 2.75) is 31.9 Å². The van der Waals surface area contributed by atoms with Gasteiger partial charge in [-0.25, -0.2) is 9.67 Å². The van der Waals surface area contributed by atoms with Crippen molar-refractivity contribution < 1.29 is 19.4 Å². The summed E-state index contributed by atoms with van der Waals surface area (Å²) in [6.07, 6.45) is 5.74. The highest BCUT2D eigenvalue weighted by Gasteiger charge is 2.38. The molecule has 8 nitrogen and oxygen atoms in total. The molecule has 2 aromatic heterocycles. The van der Waals surface area contributed by atoms with Gasteiger partial charge in [0.05, 0.1) is 29.3 Å². The first-order valence-corrected chi connectivity index (χ1v) is 10.9. The summed E-state index contributed by atoms with van der Waals surface area (Å²) in [4.78, 5) is 19.3. The third kappa shape index (κ3) is 3.74. The predicted molar refractivity (Wildman–Crippen MR) is 117 cm³/mol. The van der Waals surface area contributed by atoms with Gasteiger partial charge in [-0.05, 0) is 54.7 Å². The molecule has 2 aliphatic heterocycles. The van der Waals surface area contributed by atoms with Crippen LogP contribution in [-0.4, -0.2) is 62.8 Å². The standard InChI is InChI=1S/C23H23ClN4O4/c1-14-16(9-15-3-4-20(25-11-15)28-7-2-6-26-28)10-17-22(21(14)24)32-13-27(23(17)30)18-12-31-8-5-19(18)29/h2-4,6-7,10-11,18-19,29H,5,8-9,12-13H2,1H3/t18-,19-/m0/s1. The topological polar surface area (TPSA) is 89.7 Å². The van der Waals surface area contributed by atoms with Crippen LogP contribution in [0.2, 0.25) is 5.02 Å². The number of amides is 1. The predicted octanol–water partition coefficient (Wildman–Crippen LogP) is 2.76. The lowest BCUT2D eigenvalue weighted by molar-refractivity contribution is -0.0696. The second-order valence-corrected chi connectivity index (χ2v) is 8.43. The second-order valence-electron chi connectivity index (χ2n) is 8.05. The number of aromatic nitrogens is 3. The lowest BCUT2D eigenvalue weighted by Crippen LogP contribution is -2.54. The Morgan fingerprint density at radius 2 is 2.22 bits per heavy atom. The molecule has 0 bridgehead atoms. The maximum absolute atomic E-state index is 13.3. The van der Waals surface area contributed by atoms with Crippen LogP contribution < -0.4 is 4.74 Å². The van der Waals surface area contributed by atoms with E-state index >= 15 is 0 Å². The Morgan fingerprint density at radius 1 is 1.34 bits per heavy atom. The highest BCUT2D eigenvalue weighted by molar-refractivity contribution is 6.33. The summed E-state index contributed by atoms with van der Waals surface area (Å²) in [5, 5.41) is 15.0. The van der Waals surface area contributed by atoms with Gasteiger partial charge >= 0.3 is 0 Å². The van der Waals surface area contributed by atoms with Crippen molar-refractivity contribution in [1.82, 2.24) is 19.7 Å². The molecule has 2 atom stereocenters. The second kappa shape index (κ2) is 8.54. The molecule has 0 unspecified atom stereocenters. The summed E-state index contributed by atoms with van der Waals surface area (Å²) >= 11 is 6.61. The molecule has 0 radical (unpaired) electrons. The van der Waals surface area contributed by atoms with E-state index in [2.05, 4.69) is 10.1 Å². The number of hydrogen-bond acceptors (Lipinski definition) is 6. The number of ether oxygens (including phenoxy) is 2. The molecular formula is C23H23ClN4O4. The van der Waals surface area contributed by atoms with E-state index in [1.165, 1.54) is 4.90 Å². The van der Waals surface area contributed by atoms with Crippen molar-refractivity contribution in [2.75, 3.05) is 19.9 Å². The summed E-state index contributed by atoms with van der Waals surface area (Å²) in [7, 11) is 0. The van der Waals surface area contributed by atoms with Crippen LogP contribution in [0.25, 0.3) is 5.82 Å². The lowest BCUT2D eigenvalue weighted by atomic mass is 9.96. The highest BCUT2D eigenvalue weighted by Crippen LogP contribution is 2.39. The molecule has 32 heavy (non-hydrogen) atoms. The molecule has 9 heteroatoms. The minimum Gasteiger partial charge on any atom is -0.471 e. The van der Waals surface area contributed by atoms with E-state index in [0.29, 0.717) is 35.8 Å². The van der Waals surface area contributed by atoms with Gasteiger partial charge in [-0.3, -0.25) is 9.69 Å². The zero-order chi connectivity index (χ0) is 22.2. The number of rotatable bonds is 4. The number of pyridine rings is 1. The number of hydrogen-bond donors (Lipinski definition) is 1. The minimum absolute atomic E-state index is 0.0359. The van der Waals surface area contributed by atoms with Crippen LogP contribution in [0.3, 0.4) is 0 Å². The Hall–Kier alpha value is -2.94. The fourth-order valence-electron chi connectivity index (χ4n) is 4.15. The van der Waals surface area contributed by atoms with Crippen molar-refractivity contribution >= 4 is 17.5 Å². The fraction of sp³-hybridized carbons (Fsp3) is 0.348. The molecule has 0 saturated carbocycles. The summed E-state index contributed by atoms with van der Waals surface area (Å²) in [5.74, 6) is 0.912. The van der Waals surface area contributed by atoms with E-state index in [9.17, 15) is 9.90 Å². The molecule has 0 spiro atoms. The molecule has 1 fully saturated rings. The Balaban J connectivity index is 1.43. The third-order valence-corrected chi connectivity index (χ3v) is 6.50. The van der Waals surface area contributed by atoms with Crippen LogP contribution in [0, 0.1) is 6.92 Å². The normalized spacial score (nSPS) is 20.7. The number of nitrogens with zero attached hydrogens (tertiary/aromatic N) is 4. The number of aliphatic hydroxyl groups excluding tert-OH is 1. The summed E-state index contributed by atoms with van der Waals surface area (Å²) in [6, 6.07) is 7.12. The first-order valence-electron chi connectivity index (χ1n) is 10.5. The molecule has 3 aromatic rings. The van der Waals surface area contributed by atoms with Gasteiger partial charge in [0.25, 0.3) is 5.91 Å². The minimum atomic E-state index is -0.641. The number of fused-ring (bicyclic) bond motifs is 1. The average molecular weight is 455 g/mol. The van der Waals surface area contributed by atoms with Gasteiger partial charge in [0, 0.05) is 25.2 Å². The first-order chi connectivity index (χ1) is 15.5. The van der Waals surface area contributed by atoms with Crippen molar-refractivity contribution in [3.8, 4) is 11.6 Å². The smallest absolute Gasteiger partial charge is 0.260 e. The van der Waals surface area contributed by atoms with E-state index in [-0.39, 0.29) is 19.2 Å². The molecule has 2 aliphatic rings. The van der Waals surface area contributed by atoms with Gasteiger partial charge in [-0.2, -0.15) is 5.10 Å². The zero-order valence-electron chi connectivity index (χ0n) is 17.6. The first kappa shape index (κ1) is 20.9. The van der Waals surface area contributed by atoms with Crippen LogP contribution in [-0.2, 0) is 11.2 Å². The number of aliphatic hydroxyl groups is 1. The Kier molecular flexibility index (Phi) is 5.58. The van der Waals surface area contributed by atoms with Crippen LogP contribution in [0.1, 0.15) is 33.5 Å². The molecule has 1 aromatic carbocycles. The molecule has 0 aliphatic carbocycles. The highest BCUT2D eigenvalue weighted by atomic mass is 35.5. The van der Waals surface area contributed by atoms with Crippen molar-refractivity contribution in [1.29, 1.82) is 0 Å². The summed E-state index contributed by atoms with van der Waals surface area (Å²) < 4.78 is 13.0. The maximum atomic E-state index is 13.3. The average Bonchev–Trinajstić information content (AvgIpc) is 3.34. The van der Waals surface area contributed by atoms with E-state index < -0.39 is 12.1 Å². The SMILES string of the molecule is Cc1c(Cc2ccc(-n3cccn3)nc2)cc2c(c1Cl)OCN([C@H]1COCC[C@@H]1O)C2=O. The van der Waals surface area contributed by atoms with Gasteiger partial charge < -0.3 is 14.6 Å². The van der Waals surface area contributed by atoms with Gasteiger partial charge in [0.1, 0.15) is 0 Å². The molecular weight excluding hydrogens is 432 g/mol. The van der Waals surface area contributed by atoms with E-state index in [0.717, 1.165) is 22.5 Å². The monoisotopic (exact) mass is 454 g/mol. The number of benzene rings is 1. The van der Waals surface area contributed by atoms with Crippen molar-refractivity contribution in [2.24, 2.45) is 0 Å². The Labute approximate surface area is 190 Å². The molecule has 166 valence electrons. The van der Waals surface area contributed by atoms with Crippen LogP contribution in [0.4, 0.5) is 0 Å². The molecule has 1 N–H and O–H groups in total. The fourth-order valence-corrected chi connectivity index (χ4v) is 4.42. The Morgan fingerprint density at radius 3 is 2.94 bits per heavy atom.